The lowest BCUT2D eigenvalue weighted by atomic mass is 9.77. The molecule has 0 saturated carbocycles. The van der Waals surface area contributed by atoms with Gasteiger partial charge in [-0.25, -0.2) is 9.78 Å². The third kappa shape index (κ3) is 9.81. The summed E-state index contributed by atoms with van der Waals surface area (Å²) < 4.78 is 6.36. The van der Waals surface area contributed by atoms with Crippen molar-refractivity contribution in [2.24, 2.45) is 5.16 Å². The van der Waals surface area contributed by atoms with E-state index in [9.17, 15) is 9.59 Å². The number of nitrogens with zero attached hydrogens (tertiary/aromatic N) is 3. The molecule has 1 fully saturated rings. The zero-order chi connectivity index (χ0) is 52.8. The largest absolute Gasteiger partial charge is 0.448 e. The number of benzene rings is 8. The molecule has 3 heterocycles. The zero-order valence-corrected chi connectivity index (χ0v) is 43.6. The van der Waals surface area contributed by atoms with Crippen molar-refractivity contribution in [3.05, 3.63) is 308 Å². The number of carbonyl (C=O) groups excluding carboxylic acids is 3. The molecule has 2 aliphatic rings. The second-order valence-electron chi connectivity index (χ2n) is 18.6. The summed E-state index contributed by atoms with van der Waals surface area (Å²) in [5.74, 6) is -2.11. The molecule has 2 atom stereocenters. The molecule has 11 rings (SSSR count). The van der Waals surface area contributed by atoms with Crippen molar-refractivity contribution in [3.63, 3.8) is 0 Å². The van der Waals surface area contributed by atoms with E-state index in [-0.39, 0.29) is 32.9 Å². The summed E-state index contributed by atoms with van der Waals surface area (Å²) in [5, 5.41) is 12.1. The minimum absolute atomic E-state index is 0.00943. The van der Waals surface area contributed by atoms with E-state index >= 15 is 4.79 Å². The minimum atomic E-state index is -1.41. The van der Waals surface area contributed by atoms with Crippen LogP contribution in [0.25, 0.3) is 0 Å². The van der Waals surface area contributed by atoms with Crippen molar-refractivity contribution >= 4 is 63.2 Å². The molecule has 10 nitrogen and oxygen atoms in total. The highest BCUT2D eigenvalue weighted by Gasteiger charge is 2.54. The maximum atomic E-state index is 15.4. The van der Waals surface area contributed by atoms with Crippen LogP contribution in [0.15, 0.2) is 259 Å². The van der Waals surface area contributed by atoms with Crippen molar-refractivity contribution in [3.8, 4) is 0 Å². The highest BCUT2D eigenvalue weighted by Crippen LogP contribution is 2.45. The fraction of sp³-hybridized carbons (Fsp3) is 0.109. The smallest absolute Gasteiger partial charge is 0.357 e. The second kappa shape index (κ2) is 22.3. The molecule has 0 unspecified atom stereocenters. The summed E-state index contributed by atoms with van der Waals surface area (Å²) in [6.07, 6.45) is -0.185. The number of esters is 1. The second-order valence-corrected chi connectivity index (χ2v) is 20.6. The molecule has 9 aromatic rings. The predicted molar refractivity (Wildman–Crippen MR) is 302 cm³/mol. The number of β-lactam (4-membered cyclic amide) rings is 1. The first-order valence-corrected chi connectivity index (χ1v) is 26.7. The Balaban J connectivity index is 0.988. The number of ether oxygens (including phenoxy) is 1. The number of carbonyl (C=O) groups is 3. The Hall–Kier alpha value is -8.61. The van der Waals surface area contributed by atoms with Gasteiger partial charge >= 0.3 is 5.97 Å². The molecule has 1 saturated heterocycles. The van der Waals surface area contributed by atoms with Gasteiger partial charge in [0, 0.05) is 21.7 Å². The lowest BCUT2D eigenvalue weighted by molar-refractivity contribution is -0.158. The Bertz CT molecular complexity index is 3340. The molecule has 2 aliphatic heterocycles. The Morgan fingerprint density at radius 3 is 1.43 bits per heavy atom. The summed E-state index contributed by atoms with van der Waals surface area (Å²) >= 11 is 15.3. The summed E-state index contributed by atoms with van der Waals surface area (Å²) in [6.45, 7) is 0. The van der Waals surface area contributed by atoms with Gasteiger partial charge in [-0.2, -0.15) is 0 Å². The zero-order valence-electron chi connectivity index (χ0n) is 41.3. The van der Waals surface area contributed by atoms with Gasteiger partial charge < -0.3 is 20.2 Å². The number of aromatic nitrogens is 1. The van der Waals surface area contributed by atoms with E-state index in [0.717, 1.165) is 55.8 Å². The van der Waals surface area contributed by atoms with Crippen LogP contribution in [0.2, 0.25) is 4.34 Å². The van der Waals surface area contributed by atoms with Crippen LogP contribution in [0.4, 0.5) is 5.13 Å². The standard InChI is InChI=1S/C64H49Cl2N5O5S/c65-51-41-42-52-53(60(73)71(52)56(51)61(74)75-57(43-25-9-1-10-26-43)44-27-11-2-12-28-44)67-59(72)55(70-76-64(48-35-19-6-20-36-48,49-37-21-7-22-38-49)50-39-23-8-24-40-50)54-58(66)77-62(68-54)69-63(45-29-13-3-14-30-45,46-31-15-4-16-32-46)47-33-17-5-18-34-47/h1-40,52-53,57H,41-42H2,(H,67,72)(H,68,69)/b70-55+/t52-,53+/m1/s1. The summed E-state index contributed by atoms with van der Waals surface area (Å²) in [5.41, 5.74) is 3.66. The van der Waals surface area contributed by atoms with E-state index in [1.807, 2.05) is 206 Å². The molecular formula is C64H49Cl2N5O5S. The Morgan fingerprint density at radius 1 is 0.597 bits per heavy atom. The maximum absolute atomic E-state index is 15.4. The highest BCUT2D eigenvalue weighted by molar-refractivity contribution is 7.20. The Kier molecular flexibility index (Phi) is 14.6. The van der Waals surface area contributed by atoms with Crippen molar-refractivity contribution in [1.82, 2.24) is 15.2 Å². The highest BCUT2D eigenvalue weighted by atomic mass is 35.5. The molecule has 2 amide bonds. The first kappa shape index (κ1) is 50.5. The number of anilines is 1. The molecule has 380 valence electrons. The van der Waals surface area contributed by atoms with Gasteiger partial charge in [-0.15, -0.1) is 0 Å². The number of allylic oxidation sites excluding steroid dienone is 1. The molecule has 2 N–H and O–H groups in total. The Morgan fingerprint density at radius 2 is 1.00 bits per heavy atom. The summed E-state index contributed by atoms with van der Waals surface area (Å²) in [6, 6.07) is 76.0. The molecule has 77 heavy (non-hydrogen) atoms. The van der Waals surface area contributed by atoms with E-state index < -0.39 is 47.1 Å². The van der Waals surface area contributed by atoms with Crippen molar-refractivity contribution in [2.75, 3.05) is 5.32 Å². The third-order valence-electron chi connectivity index (χ3n) is 14.0. The number of halogens is 2. The van der Waals surface area contributed by atoms with Crippen molar-refractivity contribution in [1.29, 1.82) is 0 Å². The van der Waals surface area contributed by atoms with Crippen LogP contribution in [0.1, 0.15) is 69.1 Å². The van der Waals surface area contributed by atoms with Crippen LogP contribution in [0, 0.1) is 0 Å². The van der Waals surface area contributed by atoms with Gasteiger partial charge in [0.2, 0.25) is 5.60 Å². The van der Waals surface area contributed by atoms with Crippen LogP contribution >= 0.6 is 34.5 Å². The van der Waals surface area contributed by atoms with Crippen LogP contribution in [0.5, 0.6) is 0 Å². The average Bonchev–Trinajstić information content (AvgIpc) is 3.88. The van der Waals surface area contributed by atoms with E-state index in [4.69, 9.17) is 42.9 Å². The average molecular weight is 1070 g/mol. The van der Waals surface area contributed by atoms with Gasteiger partial charge in [0.05, 0.1) is 6.04 Å². The molecule has 1 aromatic heterocycles. The molecular weight excluding hydrogens is 1020 g/mol. The normalized spacial score (nSPS) is 15.5. The van der Waals surface area contributed by atoms with Gasteiger partial charge in [0.1, 0.15) is 27.3 Å². The summed E-state index contributed by atoms with van der Waals surface area (Å²) in [7, 11) is 0. The SMILES string of the molecule is O=C(OC(c1ccccc1)c1ccccc1)C1=C(Cl)CC[C@@H]2[C@H](NC(=O)/C(=N/OC(c3ccccc3)(c3ccccc3)c3ccccc3)c3nc(NC(c4ccccc4)(c4ccccc4)c4ccccc4)sc3Cl)C(=O)N12. The van der Waals surface area contributed by atoms with E-state index in [1.54, 1.807) is 0 Å². The molecule has 8 aromatic carbocycles. The van der Waals surface area contributed by atoms with Gasteiger partial charge in [0.25, 0.3) is 11.8 Å². The number of amides is 2. The molecule has 13 heteroatoms. The fourth-order valence-corrected chi connectivity index (χ4v) is 11.8. The number of rotatable bonds is 17. The first-order chi connectivity index (χ1) is 37.8. The number of fused-ring (bicyclic) bond motifs is 1. The number of thiazole rings is 1. The topological polar surface area (TPSA) is 122 Å². The first-order valence-electron chi connectivity index (χ1n) is 25.1. The maximum Gasteiger partial charge on any atom is 0.357 e. The van der Waals surface area contributed by atoms with Crippen LogP contribution in [-0.2, 0) is 35.1 Å². The lowest BCUT2D eigenvalue weighted by Gasteiger charge is -2.49. The summed E-state index contributed by atoms with van der Waals surface area (Å²) in [4.78, 5) is 57.7. The number of hydrogen-bond acceptors (Lipinski definition) is 9. The fourth-order valence-electron chi connectivity index (χ4n) is 10.4. The van der Waals surface area contributed by atoms with E-state index in [1.165, 1.54) is 4.90 Å². The van der Waals surface area contributed by atoms with Crippen LogP contribution < -0.4 is 10.6 Å². The predicted octanol–water partition coefficient (Wildman–Crippen LogP) is 13.2. The van der Waals surface area contributed by atoms with Crippen molar-refractivity contribution in [2.45, 2.75) is 42.2 Å². The monoisotopic (exact) mass is 1070 g/mol. The van der Waals surface area contributed by atoms with Crippen LogP contribution in [0.3, 0.4) is 0 Å². The minimum Gasteiger partial charge on any atom is -0.448 e. The lowest BCUT2D eigenvalue weighted by Crippen LogP contribution is -2.72. The molecule has 0 radical (unpaired) electrons. The molecule has 0 bridgehead atoms. The number of nitrogens with one attached hydrogen (secondary N) is 2. The number of hydrogen-bond donors (Lipinski definition) is 2. The van der Waals surface area contributed by atoms with E-state index in [0.29, 0.717) is 11.6 Å². The van der Waals surface area contributed by atoms with E-state index in [2.05, 4.69) is 47.0 Å². The molecule has 0 spiro atoms. The van der Waals surface area contributed by atoms with Gasteiger partial charge in [0.15, 0.2) is 16.9 Å². The van der Waals surface area contributed by atoms with Gasteiger partial charge in [-0.3, -0.25) is 14.5 Å². The quantitative estimate of drug-likeness (QED) is 0.0306. The molecule has 0 aliphatic carbocycles. The van der Waals surface area contributed by atoms with Gasteiger partial charge in [-0.1, -0.05) is 282 Å². The van der Waals surface area contributed by atoms with Crippen LogP contribution in [-0.4, -0.2) is 45.5 Å². The number of oxime groups is 1. The van der Waals surface area contributed by atoms with Gasteiger partial charge in [-0.05, 0) is 40.7 Å². The Labute approximate surface area is 460 Å². The van der Waals surface area contributed by atoms with Crippen molar-refractivity contribution < 1.29 is 24.0 Å². The third-order valence-corrected chi connectivity index (χ3v) is 15.6.